The number of ether oxygens (including phenoxy) is 2. The Morgan fingerprint density at radius 1 is 0.886 bits per heavy atom. The van der Waals surface area contributed by atoms with E-state index in [0.717, 1.165) is 31.2 Å². The van der Waals surface area contributed by atoms with Gasteiger partial charge in [-0.05, 0) is 113 Å². The molecule has 0 saturated heterocycles. The van der Waals surface area contributed by atoms with Crippen LogP contribution in [0.25, 0.3) is 0 Å². The van der Waals surface area contributed by atoms with Gasteiger partial charge in [0.15, 0.2) is 0 Å². The molecule has 1 aliphatic rings. The summed E-state index contributed by atoms with van der Waals surface area (Å²) in [5, 5.41) is 4.74. The highest BCUT2D eigenvalue weighted by Gasteiger charge is 2.39. The van der Waals surface area contributed by atoms with E-state index in [1.807, 2.05) is 106 Å². The topological polar surface area (TPSA) is 98.4 Å². The molecule has 2 amide bonds. The molecule has 9 nitrogen and oxygen atoms in total. The number of rotatable bonds is 12. The van der Waals surface area contributed by atoms with Gasteiger partial charge in [-0.25, -0.2) is 20.0 Å². The molecule has 0 spiro atoms. The zero-order valence-corrected chi connectivity index (χ0v) is 30.5. The minimum Gasteiger partial charge on any atom is -0.444 e. The van der Waals surface area contributed by atoms with Crippen molar-refractivity contribution in [1.29, 1.82) is 0 Å². The number of hydrazine groups is 1. The molecule has 0 heterocycles. The number of nitrogens with one attached hydrogen (secondary N) is 2. The summed E-state index contributed by atoms with van der Waals surface area (Å²) in [6.45, 7) is 23.5. The van der Waals surface area contributed by atoms with Crippen LogP contribution in [0.15, 0.2) is 30.3 Å². The van der Waals surface area contributed by atoms with Crippen molar-refractivity contribution >= 4 is 20.7 Å². The Balaban J connectivity index is 2.47. The van der Waals surface area contributed by atoms with Gasteiger partial charge in [-0.1, -0.05) is 49.6 Å². The van der Waals surface area contributed by atoms with E-state index in [-0.39, 0.29) is 12.6 Å². The van der Waals surface area contributed by atoms with Gasteiger partial charge in [-0.15, -0.1) is 0 Å². The van der Waals surface area contributed by atoms with E-state index in [1.165, 1.54) is 6.42 Å². The standard InChI is InChI=1S/C34H61N3O6Si/c1-25(27-21-17-14-18-22-27)37(31(39)41-33(5,6)7)35-24-29(42-44(11,12)43-34(8,9)10)28(23-26-19-15-13-16-20-26)36-30(38)40-32(2,3)4/h13,15-16,19-20,25,27-29,35H,14,17-18,21-24H2,1-12H3,(H,36,38)/t25?,28-,29-/m0/s1. The molecule has 1 aromatic rings. The lowest BCUT2D eigenvalue weighted by molar-refractivity contribution is -0.0174. The molecule has 1 aromatic carbocycles. The predicted molar refractivity (Wildman–Crippen MR) is 179 cm³/mol. The van der Waals surface area contributed by atoms with Crippen LogP contribution < -0.4 is 10.7 Å². The van der Waals surface area contributed by atoms with Crippen LogP contribution in [0.4, 0.5) is 9.59 Å². The molecule has 1 fully saturated rings. The maximum absolute atomic E-state index is 13.6. The number of amides is 2. The molecule has 1 unspecified atom stereocenters. The third-order valence-electron chi connectivity index (χ3n) is 7.23. The third-order valence-corrected chi connectivity index (χ3v) is 9.20. The first-order chi connectivity index (χ1) is 20.1. The summed E-state index contributed by atoms with van der Waals surface area (Å²) in [4.78, 5) is 26.8. The number of carbonyl (C=O) groups is 2. The molecule has 0 aromatic heterocycles. The highest BCUT2D eigenvalue weighted by Crippen LogP contribution is 2.29. The van der Waals surface area contributed by atoms with Gasteiger partial charge in [0.05, 0.1) is 23.8 Å². The molecule has 0 aliphatic heterocycles. The van der Waals surface area contributed by atoms with Crippen molar-refractivity contribution in [2.75, 3.05) is 6.54 Å². The highest BCUT2D eigenvalue weighted by molar-refractivity contribution is 6.64. The van der Waals surface area contributed by atoms with Crippen molar-refractivity contribution in [2.24, 2.45) is 5.92 Å². The fourth-order valence-corrected chi connectivity index (χ4v) is 8.20. The third kappa shape index (κ3) is 14.8. The molecule has 252 valence electrons. The average molecular weight is 636 g/mol. The molecule has 1 aliphatic carbocycles. The van der Waals surface area contributed by atoms with E-state index in [9.17, 15) is 9.59 Å². The van der Waals surface area contributed by atoms with Crippen molar-refractivity contribution < 1.29 is 27.9 Å². The van der Waals surface area contributed by atoms with Gasteiger partial charge in [0, 0.05) is 6.54 Å². The normalized spacial score (nSPS) is 17.4. The van der Waals surface area contributed by atoms with Crippen LogP contribution in [0.5, 0.6) is 0 Å². The molecular weight excluding hydrogens is 574 g/mol. The first-order valence-electron chi connectivity index (χ1n) is 16.3. The van der Waals surface area contributed by atoms with Gasteiger partial charge >= 0.3 is 20.7 Å². The van der Waals surface area contributed by atoms with Gasteiger partial charge in [0.2, 0.25) is 0 Å². The van der Waals surface area contributed by atoms with Crippen LogP contribution in [-0.2, 0) is 24.7 Å². The molecule has 44 heavy (non-hydrogen) atoms. The van der Waals surface area contributed by atoms with Crippen LogP contribution in [0.1, 0.15) is 107 Å². The lowest BCUT2D eigenvalue weighted by Gasteiger charge is -2.41. The van der Waals surface area contributed by atoms with E-state index < -0.39 is 49.7 Å². The number of hydrogen-bond acceptors (Lipinski definition) is 7. The summed E-state index contributed by atoms with van der Waals surface area (Å²) in [5.74, 6) is 0.359. The summed E-state index contributed by atoms with van der Waals surface area (Å²) in [6, 6.07) is 9.40. The lowest BCUT2D eigenvalue weighted by Crippen LogP contribution is -2.60. The van der Waals surface area contributed by atoms with Gasteiger partial charge < -0.3 is 23.6 Å². The minimum absolute atomic E-state index is 0.0896. The Bertz CT molecular complexity index is 1030. The fourth-order valence-electron chi connectivity index (χ4n) is 5.70. The summed E-state index contributed by atoms with van der Waals surface area (Å²) >= 11 is 0. The summed E-state index contributed by atoms with van der Waals surface area (Å²) in [6.07, 6.45) is 4.67. The van der Waals surface area contributed by atoms with E-state index in [2.05, 4.69) is 17.7 Å². The monoisotopic (exact) mass is 635 g/mol. The molecular formula is C34H61N3O6Si. The van der Waals surface area contributed by atoms with Crippen molar-refractivity contribution in [1.82, 2.24) is 15.8 Å². The average Bonchev–Trinajstić information content (AvgIpc) is 2.85. The second-order valence-electron chi connectivity index (χ2n) is 15.6. The van der Waals surface area contributed by atoms with Crippen molar-refractivity contribution in [3.63, 3.8) is 0 Å². The van der Waals surface area contributed by atoms with E-state index >= 15 is 0 Å². The number of benzene rings is 1. The van der Waals surface area contributed by atoms with Crippen LogP contribution in [-0.4, -0.2) is 67.3 Å². The maximum Gasteiger partial charge on any atom is 0.425 e. The van der Waals surface area contributed by atoms with E-state index in [1.54, 1.807) is 5.01 Å². The van der Waals surface area contributed by atoms with E-state index in [4.69, 9.17) is 18.3 Å². The fraction of sp³-hybridized carbons (Fsp3) is 0.765. The van der Waals surface area contributed by atoms with Crippen LogP contribution in [0.3, 0.4) is 0 Å². The molecule has 2 rings (SSSR count). The molecule has 3 atom stereocenters. The lowest BCUT2D eigenvalue weighted by atomic mass is 9.84. The highest BCUT2D eigenvalue weighted by atomic mass is 28.4. The van der Waals surface area contributed by atoms with Gasteiger partial charge in [-0.3, -0.25) is 0 Å². The van der Waals surface area contributed by atoms with Crippen molar-refractivity contribution in [3.8, 4) is 0 Å². The molecule has 1 saturated carbocycles. The SMILES string of the molecule is CC(C1CCCCC1)N(NC[C@H](O[Si](C)(C)OC(C)(C)C)[C@H](Cc1ccccc1)NC(=O)OC(C)(C)C)C(=O)OC(C)(C)C. The predicted octanol–water partition coefficient (Wildman–Crippen LogP) is 7.74. The zero-order valence-electron chi connectivity index (χ0n) is 29.5. The minimum atomic E-state index is -2.74. The van der Waals surface area contributed by atoms with Crippen molar-refractivity contribution in [3.05, 3.63) is 35.9 Å². The van der Waals surface area contributed by atoms with Gasteiger partial charge in [-0.2, -0.15) is 0 Å². The van der Waals surface area contributed by atoms with Crippen LogP contribution >= 0.6 is 0 Å². The van der Waals surface area contributed by atoms with Crippen LogP contribution in [0.2, 0.25) is 13.1 Å². The first-order valence-corrected chi connectivity index (χ1v) is 19.1. The smallest absolute Gasteiger partial charge is 0.425 e. The zero-order chi connectivity index (χ0) is 33.3. The maximum atomic E-state index is 13.6. The number of alkyl carbamates (subject to hydrolysis) is 1. The van der Waals surface area contributed by atoms with Crippen molar-refractivity contribution in [2.45, 2.75) is 156 Å². The second-order valence-corrected chi connectivity index (χ2v) is 18.8. The number of carbonyl (C=O) groups excluding carboxylic acids is 2. The van der Waals surface area contributed by atoms with E-state index in [0.29, 0.717) is 12.3 Å². The second kappa shape index (κ2) is 15.9. The Labute approximate surface area is 268 Å². The quantitative estimate of drug-likeness (QED) is 0.179. The molecule has 10 heteroatoms. The Kier molecular flexibility index (Phi) is 13.8. The Morgan fingerprint density at radius 3 is 1.98 bits per heavy atom. The van der Waals surface area contributed by atoms with Gasteiger partial charge in [0.25, 0.3) is 0 Å². The Hall–Kier alpha value is -2.14. The molecule has 0 bridgehead atoms. The number of nitrogens with zero attached hydrogens (tertiary/aromatic N) is 1. The van der Waals surface area contributed by atoms with Crippen LogP contribution in [0, 0.1) is 5.92 Å². The largest absolute Gasteiger partial charge is 0.444 e. The molecule has 2 N–H and O–H groups in total. The Morgan fingerprint density at radius 2 is 1.45 bits per heavy atom. The summed E-state index contributed by atoms with van der Waals surface area (Å²) < 4.78 is 24.8. The number of hydrogen-bond donors (Lipinski definition) is 2. The molecule has 0 radical (unpaired) electrons. The summed E-state index contributed by atoms with van der Waals surface area (Å²) in [5.41, 5.74) is 2.73. The first kappa shape index (κ1) is 38.0. The van der Waals surface area contributed by atoms with Gasteiger partial charge in [0.1, 0.15) is 11.2 Å². The summed E-state index contributed by atoms with van der Waals surface area (Å²) in [7, 11) is -2.74.